The summed E-state index contributed by atoms with van der Waals surface area (Å²) in [6.07, 6.45) is 6.06. The van der Waals surface area contributed by atoms with Crippen LogP contribution in [0.5, 0.6) is 0 Å². The van der Waals surface area contributed by atoms with Crippen molar-refractivity contribution < 1.29 is 29.9 Å². The van der Waals surface area contributed by atoms with Gasteiger partial charge in [-0.25, -0.2) is 0 Å². The summed E-state index contributed by atoms with van der Waals surface area (Å²) in [5, 5.41) is 42.7. The Morgan fingerprint density at radius 3 is 2.46 bits per heavy atom. The zero-order chi connectivity index (χ0) is 19.4. The summed E-state index contributed by atoms with van der Waals surface area (Å²) < 4.78 is 11.7. The molecule has 0 amide bonds. The highest BCUT2D eigenvalue weighted by Gasteiger charge is 2.81. The Hall–Kier alpha value is -0.760. The maximum atomic E-state index is 11.2. The first-order valence-corrected chi connectivity index (χ1v) is 9.40. The van der Waals surface area contributed by atoms with Crippen LogP contribution in [-0.4, -0.2) is 61.3 Å². The van der Waals surface area contributed by atoms with E-state index in [-0.39, 0.29) is 6.42 Å². The van der Waals surface area contributed by atoms with Crippen LogP contribution in [0.2, 0.25) is 0 Å². The topological polar surface area (TPSA) is 103 Å². The van der Waals surface area contributed by atoms with E-state index in [4.69, 9.17) is 9.47 Å². The van der Waals surface area contributed by atoms with Gasteiger partial charge in [0, 0.05) is 0 Å². The standard InChI is InChI=1S/C20H32O6/c1-14-6-7-15(21)17(3,23)9-5-8-16(2,22)10-11-19-18(4,26-19)13-25-20(19,24)12-14/h5,8,12,15,21-24H,6-7,9-11,13H2,1-4H3/b8-5+,14-12-/t15-,16+,17+,18+,19+,20-/m0/s1. The molecule has 0 saturated carbocycles. The van der Waals surface area contributed by atoms with Gasteiger partial charge in [-0.2, -0.15) is 0 Å². The summed E-state index contributed by atoms with van der Waals surface area (Å²) in [5.41, 5.74) is -2.96. The van der Waals surface area contributed by atoms with Crippen molar-refractivity contribution in [3.63, 3.8) is 0 Å². The molecule has 2 aliphatic heterocycles. The molecule has 0 radical (unpaired) electrons. The van der Waals surface area contributed by atoms with E-state index in [0.717, 1.165) is 5.57 Å². The fourth-order valence-electron chi connectivity index (χ4n) is 4.26. The number of aliphatic hydroxyl groups excluding tert-OH is 1. The van der Waals surface area contributed by atoms with Gasteiger partial charge in [0.1, 0.15) is 5.60 Å². The molecule has 6 nitrogen and oxygen atoms in total. The Morgan fingerprint density at radius 1 is 1.12 bits per heavy atom. The van der Waals surface area contributed by atoms with E-state index in [1.54, 1.807) is 32.1 Å². The minimum absolute atomic E-state index is 0.249. The third kappa shape index (κ3) is 3.28. The normalized spacial score (nSPS) is 55.8. The lowest BCUT2D eigenvalue weighted by atomic mass is 9.80. The van der Waals surface area contributed by atoms with Crippen molar-refractivity contribution in [1.82, 2.24) is 0 Å². The van der Waals surface area contributed by atoms with Crippen LogP contribution in [0.15, 0.2) is 23.8 Å². The van der Waals surface area contributed by atoms with Crippen molar-refractivity contribution >= 4 is 0 Å². The Balaban J connectivity index is 1.92. The van der Waals surface area contributed by atoms with Crippen molar-refractivity contribution in [2.75, 3.05) is 6.61 Å². The Bertz CT molecular complexity index is 624. The summed E-state index contributed by atoms with van der Waals surface area (Å²) in [7, 11) is 0. The second-order valence-corrected chi connectivity index (χ2v) is 9.01. The minimum atomic E-state index is -1.55. The second kappa shape index (κ2) is 6.12. The molecule has 3 rings (SSSR count). The quantitative estimate of drug-likeness (QED) is 0.382. The number of rotatable bonds is 0. The number of epoxide rings is 1. The molecular formula is C20H32O6. The van der Waals surface area contributed by atoms with Gasteiger partial charge in [-0.3, -0.25) is 0 Å². The fraction of sp³-hybridized carbons (Fsp3) is 0.800. The smallest absolute Gasteiger partial charge is 0.218 e. The molecule has 26 heavy (non-hydrogen) atoms. The zero-order valence-corrected chi connectivity index (χ0v) is 16.2. The molecule has 0 unspecified atom stereocenters. The molecule has 0 aromatic carbocycles. The third-order valence-electron chi connectivity index (χ3n) is 6.32. The Labute approximate surface area is 155 Å². The number of ether oxygens (including phenoxy) is 2. The first-order valence-electron chi connectivity index (χ1n) is 9.40. The first-order chi connectivity index (χ1) is 11.9. The van der Waals surface area contributed by atoms with Crippen LogP contribution >= 0.6 is 0 Å². The monoisotopic (exact) mass is 368 g/mol. The molecule has 148 valence electrons. The molecule has 3 aliphatic rings. The lowest BCUT2D eigenvalue weighted by molar-refractivity contribution is -0.202. The molecule has 1 aliphatic carbocycles. The van der Waals surface area contributed by atoms with E-state index >= 15 is 0 Å². The van der Waals surface area contributed by atoms with Crippen LogP contribution < -0.4 is 0 Å². The van der Waals surface area contributed by atoms with Crippen LogP contribution in [0.25, 0.3) is 0 Å². The largest absolute Gasteiger partial charge is 0.390 e. The van der Waals surface area contributed by atoms with Crippen LogP contribution in [0, 0.1) is 0 Å². The highest BCUT2D eigenvalue weighted by Crippen LogP contribution is 2.63. The highest BCUT2D eigenvalue weighted by molar-refractivity contribution is 5.31. The highest BCUT2D eigenvalue weighted by atomic mass is 16.8. The van der Waals surface area contributed by atoms with E-state index in [2.05, 4.69) is 0 Å². The van der Waals surface area contributed by atoms with E-state index in [0.29, 0.717) is 32.3 Å². The maximum Gasteiger partial charge on any atom is 0.218 e. The Morgan fingerprint density at radius 2 is 1.81 bits per heavy atom. The van der Waals surface area contributed by atoms with E-state index in [1.807, 2.05) is 13.8 Å². The maximum absolute atomic E-state index is 11.2. The van der Waals surface area contributed by atoms with Gasteiger partial charge in [0.2, 0.25) is 5.79 Å². The van der Waals surface area contributed by atoms with Gasteiger partial charge in [0.25, 0.3) is 0 Å². The van der Waals surface area contributed by atoms with E-state index in [9.17, 15) is 20.4 Å². The average molecular weight is 368 g/mol. The first kappa shape index (κ1) is 20.0. The summed E-state index contributed by atoms with van der Waals surface area (Å²) in [4.78, 5) is 0. The van der Waals surface area contributed by atoms with Crippen LogP contribution in [0.4, 0.5) is 0 Å². The number of allylic oxidation sites excluding steroid dienone is 1. The number of hydrogen-bond acceptors (Lipinski definition) is 6. The van der Waals surface area contributed by atoms with Crippen LogP contribution in [0.1, 0.15) is 59.8 Å². The van der Waals surface area contributed by atoms with E-state index < -0.39 is 34.3 Å². The molecule has 2 heterocycles. The lowest BCUT2D eigenvalue weighted by Crippen LogP contribution is -2.45. The van der Waals surface area contributed by atoms with Crippen molar-refractivity contribution in [1.29, 1.82) is 0 Å². The molecular weight excluding hydrogens is 336 g/mol. The molecule has 6 atom stereocenters. The minimum Gasteiger partial charge on any atom is -0.390 e. The summed E-state index contributed by atoms with van der Waals surface area (Å²) in [5.74, 6) is -1.55. The lowest BCUT2D eigenvalue weighted by Gasteiger charge is -2.32. The molecule has 0 aromatic heterocycles. The van der Waals surface area contributed by atoms with Gasteiger partial charge in [0.05, 0.1) is 23.9 Å². The van der Waals surface area contributed by atoms with Gasteiger partial charge in [-0.15, -0.1) is 0 Å². The zero-order valence-electron chi connectivity index (χ0n) is 16.2. The molecule has 2 fully saturated rings. The Kier molecular flexibility index (Phi) is 4.71. The molecule has 6 heteroatoms. The third-order valence-corrected chi connectivity index (χ3v) is 6.32. The second-order valence-electron chi connectivity index (χ2n) is 9.01. The van der Waals surface area contributed by atoms with Crippen molar-refractivity contribution in [2.24, 2.45) is 0 Å². The molecule has 0 bridgehead atoms. The van der Waals surface area contributed by atoms with Gasteiger partial charge in [0.15, 0.2) is 5.60 Å². The predicted molar refractivity (Wildman–Crippen MR) is 96.4 cm³/mol. The fourth-order valence-corrected chi connectivity index (χ4v) is 4.26. The predicted octanol–water partition coefficient (Wildman–Crippen LogP) is 1.56. The summed E-state index contributed by atoms with van der Waals surface area (Å²) >= 11 is 0. The van der Waals surface area contributed by atoms with Gasteiger partial charge in [-0.05, 0) is 65.9 Å². The van der Waals surface area contributed by atoms with Gasteiger partial charge < -0.3 is 29.9 Å². The number of aliphatic hydroxyl groups is 4. The molecule has 0 aromatic rings. The molecule has 2 saturated heterocycles. The SMILES string of the molecule is C/C1=C/[C@]2(O)OC[C@@]3(C)O[C@]32CC[C@](C)(O)/C=C/C[C@@](C)(O)[C@@H](O)CC1. The van der Waals surface area contributed by atoms with E-state index in [1.165, 1.54) is 0 Å². The average Bonchev–Trinajstić information content (AvgIpc) is 3.09. The van der Waals surface area contributed by atoms with Crippen molar-refractivity contribution in [3.05, 3.63) is 23.8 Å². The van der Waals surface area contributed by atoms with Crippen molar-refractivity contribution in [3.8, 4) is 0 Å². The van der Waals surface area contributed by atoms with Gasteiger partial charge >= 0.3 is 0 Å². The molecule has 1 spiro atoms. The van der Waals surface area contributed by atoms with Gasteiger partial charge in [-0.1, -0.05) is 17.7 Å². The van der Waals surface area contributed by atoms with Crippen LogP contribution in [0.3, 0.4) is 0 Å². The number of hydrogen-bond donors (Lipinski definition) is 4. The van der Waals surface area contributed by atoms with Crippen LogP contribution in [-0.2, 0) is 9.47 Å². The van der Waals surface area contributed by atoms with Crippen molar-refractivity contribution in [2.45, 2.75) is 94.1 Å². The summed E-state index contributed by atoms with van der Waals surface area (Å²) in [6.45, 7) is 7.36. The summed E-state index contributed by atoms with van der Waals surface area (Å²) in [6, 6.07) is 0. The molecule has 4 N–H and O–H groups in total.